The topological polar surface area (TPSA) is 26.3 Å². The van der Waals surface area contributed by atoms with Gasteiger partial charge in [-0.3, -0.25) is 0 Å². The van der Waals surface area contributed by atoms with E-state index in [0.29, 0.717) is 11.5 Å². The van der Waals surface area contributed by atoms with Gasteiger partial charge in [0.15, 0.2) is 0 Å². The fraction of sp³-hybridized carbons (Fsp3) is 0.444. The molecule has 0 spiro atoms. The maximum absolute atomic E-state index is 11.0. The number of thiophene rings is 1. The molecule has 2 nitrogen and oxygen atoms in total. The molecule has 3 heteroatoms. The number of ether oxygens (including phenoxy) is 1. The maximum Gasteiger partial charge on any atom is 0.338 e. The molecular weight excluding hydrogens is 172 g/mol. The van der Waals surface area contributed by atoms with Gasteiger partial charge in [0.2, 0.25) is 0 Å². The Labute approximate surface area is 76.2 Å². The molecule has 0 N–H and O–H groups in total. The van der Waals surface area contributed by atoms with Crippen LogP contribution >= 0.6 is 11.3 Å². The fourth-order valence-electron chi connectivity index (χ4n) is 0.880. The van der Waals surface area contributed by atoms with E-state index in [1.807, 2.05) is 11.4 Å². The Morgan fingerprint density at radius 1 is 1.58 bits per heavy atom. The molecule has 0 aliphatic rings. The predicted molar refractivity (Wildman–Crippen MR) is 49.7 cm³/mol. The van der Waals surface area contributed by atoms with Crippen LogP contribution < -0.4 is 0 Å². The van der Waals surface area contributed by atoms with Crippen LogP contribution in [0.3, 0.4) is 0 Å². The van der Waals surface area contributed by atoms with E-state index in [2.05, 4.69) is 18.6 Å². The zero-order valence-corrected chi connectivity index (χ0v) is 8.27. The van der Waals surface area contributed by atoms with Crippen LogP contribution in [0.4, 0.5) is 0 Å². The molecule has 0 atom stereocenters. The first-order valence-electron chi connectivity index (χ1n) is 3.82. The molecule has 0 fully saturated rings. The van der Waals surface area contributed by atoms with Crippen molar-refractivity contribution >= 4 is 17.3 Å². The first-order chi connectivity index (χ1) is 5.65. The van der Waals surface area contributed by atoms with Crippen molar-refractivity contribution in [3.63, 3.8) is 0 Å². The fourth-order valence-corrected chi connectivity index (χ4v) is 1.77. The quantitative estimate of drug-likeness (QED) is 0.660. The monoisotopic (exact) mass is 184 g/mol. The molecule has 0 radical (unpaired) electrons. The molecule has 0 aliphatic carbocycles. The molecule has 1 aromatic rings. The Morgan fingerprint density at radius 3 is 2.67 bits per heavy atom. The molecule has 0 unspecified atom stereocenters. The van der Waals surface area contributed by atoms with Crippen LogP contribution in [0.25, 0.3) is 0 Å². The van der Waals surface area contributed by atoms with E-state index in [1.165, 1.54) is 12.0 Å². The minimum Gasteiger partial charge on any atom is -0.465 e. The first kappa shape index (κ1) is 9.26. The van der Waals surface area contributed by atoms with Crippen LogP contribution in [0.2, 0.25) is 0 Å². The second-order valence-corrected chi connectivity index (χ2v) is 3.83. The van der Waals surface area contributed by atoms with Crippen molar-refractivity contribution in [2.75, 3.05) is 7.11 Å². The summed E-state index contributed by atoms with van der Waals surface area (Å²) >= 11 is 1.60. The zero-order chi connectivity index (χ0) is 9.14. The number of hydrogen-bond donors (Lipinski definition) is 0. The zero-order valence-electron chi connectivity index (χ0n) is 7.46. The van der Waals surface area contributed by atoms with Crippen LogP contribution in [0.15, 0.2) is 11.4 Å². The smallest absolute Gasteiger partial charge is 0.338 e. The molecule has 0 aliphatic heterocycles. The first-order valence-corrected chi connectivity index (χ1v) is 4.70. The van der Waals surface area contributed by atoms with Crippen molar-refractivity contribution < 1.29 is 9.53 Å². The molecule has 0 saturated heterocycles. The van der Waals surface area contributed by atoms with Gasteiger partial charge in [-0.25, -0.2) is 4.79 Å². The molecule has 0 saturated carbocycles. The highest BCUT2D eigenvalue weighted by molar-refractivity contribution is 7.10. The van der Waals surface area contributed by atoms with Crippen LogP contribution in [-0.4, -0.2) is 13.1 Å². The second kappa shape index (κ2) is 3.72. The Hall–Kier alpha value is -0.830. The third-order valence-electron chi connectivity index (χ3n) is 1.61. The maximum atomic E-state index is 11.0. The van der Waals surface area contributed by atoms with Gasteiger partial charge in [-0.15, -0.1) is 11.3 Å². The summed E-state index contributed by atoms with van der Waals surface area (Å²) in [5.74, 6) is 0.228. The lowest BCUT2D eigenvalue weighted by Crippen LogP contribution is -1.98. The van der Waals surface area contributed by atoms with Gasteiger partial charge >= 0.3 is 5.97 Å². The van der Waals surface area contributed by atoms with Gasteiger partial charge in [0, 0.05) is 10.3 Å². The Bertz CT molecular complexity index is 276. The minimum absolute atomic E-state index is 0.252. The lowest BCUT2D eigenvalue weighted by Gasteiger charge is -1.97. The van der Waals surface area contributed by atoms with Crippen molar-refractivity contribution in [2.24, 2.45) is 0 Å². The number of carbonyl (C=O) groups is 1. The van der Waals surface area contributed by atoms with E-state index >= 15 is 0 Å². The Kier molecular flexibility index (Phi) is 2.87. The van der Waals surface area contributed by atoms with E-state index in [4.69, 9.17) is 0 Å². The van der Waals surface area contributed by atoms with Crippen molar-refractivity contribution in [1.29, 1.82) is 0 Å². The standard InChI is InChI=1S/C9H12O2S/c1-6(2)8-4-7(5-12-8)9(10)11-3/h4-6H,1-3H3. The highest BCUT2D eigenvalue weighted by Crippen LogP contribution is 2.23. The van der Waals surface area contributed by atoms with Crippen LogP contribution in [-0.2, 0) is 4.74 Å². The number of hydrogen-bond acceptors (Lipinski definition) is 3. The van der Waals surface area contributed by atoms with Crippen LogP contribution in [0.1, 0.15) is 35.0 Å². The van der Waals surface area contributed by atoms with Gasteiger partial charge in [0.1, 0.15) is 0 Å². The summed E-state index contributed by atoms with van der Waals surface area (Å²) in [6.45, 7) is 4.21. The van der Waals surface area contributed by atoms with Gasteiger partial charge in [-0.1, -0.05) is 13.8 Å². The van der Waals surface area contributed by atoms with Gasteiger partial charge in [0.25, 0.3) is 0 Å². The third-order valence-corrected chi connectivity index (χ3v) is 2.84. The molecular formula is C9H12O2S. The summed E-state index contributed by atoms with van der Waals surface area (Å²) in [6.07, 6.45) is 0. The largest absolute Gasteiger partial charge is 0.465 e. The molecule has 1 rings (SSSR count). The number of methoxy groups -OCH3 is 1. The van der Waals surface area contributed by atoms with E-state index in [1.54, 1.807) is 11.3 Å². The molecule has 0 amide bonds. The van der Waals surface area contributed by atoms with Crippen molar-refractivity contribution in [3.8, 4) is 0 Å². The Morgan fingerprint density at radius 2 is 2.25 bits per heavy atom. The minimum atomic E-state index is -0.252. The summed E-state index contributed by atoms with van der Waals surface area (Å²) in [5.41, 5.74) is 0.659. The molecule has 0 aromatic carbocycles. The van der Waals surface area contributed by atoms with Crippen molar-refractivity contribution in [3.05, 3.63) is 21.9 Å². The van der Waals surface area contributed by atoms with Crippen LogP contribution in [0, 0.1) is 0 Å². The molecule has 0 bridgehead atoms. The van der Waals surface area contributed by atoms with Gasteiger partial charge in [0.05, 0.1) is 12.7 Å². The average molecular weight is 184 g/mol. The summed E-state index contributed by atoms with van der Waals surface area (Å²) in [7, 11) is 1.40. The van der Waals surface area contributed by atoms with Gasteiger partial charge in [-0.2, -0.15) is 0 Å². The lowest BCUT2D eigenvalue weighted by molar-refractivity contribution is 0.0601. The Balaban J connectivity index is 2.84. The average Bonchev–Trinajstić information content (AvgIpc) is 2.51. The highest BCUT2D eigenvalue weighted by Gasteiger charge is 2.09. The summed E-state index contributed by atoms with van der Waals surface area (Å²) < 4.78 is 4.60. The predicted octanol–water partition coefficient (Wildman–Crippen LogP) is 2.66. The third kappa shape index (κ3) is 1.85. The van der Waals surface area contributed by atoms with E-state index in [0.717, 1.165) is 0 Å². The summed E-state index contributed by atoms with van der Waals surface area (Å²) in [4.78, 5) is 12.3. The van der Waals surface area contributed by atoms with E-state index < -0.39 is 0 Å². The molecule has 66 valence electrons. The number of rotatable bonds is 2. The van der Waals surface area contributed by atoms with E-state index in [9.17, 15) is 4.79 Å². The second-order valence-electron chi connectivity index (χ2n) is 2.88. The van der Waals surface area contributed by atoms with Crippen LogP contribution in [0.5, 0.6) is 0 Å². The van der Waals surface area contributed by atoms with Gasteiger partial charge in [-0.05, 0) is 12.0 Å². The number of esters is 1. The van der Waals surface area contributed by atoms with Crippen molar-refractivity contribution in [2.45, 2.75) is 19.8 Å². The summed E-state index contributed by atoms with van der Waals surface area (Å²) in [5, 5.41) is 1.83. The van der Waals surface area contributed by atoms with Gasteiger partial charge < -0.3 is 4.74 Å². The highest BCUT2D eigenvalue weighted by atomic mass is 32.1. The summed E-state index contributed by atoms with van der Waals surface area (Å²) in [6, 6.07) is 1.89. The lowest BCUT2D eigenvalue weighted by atomic mass is 10.1. The van der Waals surface area contributed by atoms with Crippen molar-refractivity contribution in [1.82, 2.24) is 0 Å². The molecule has 1 heterocycles. The normalized spacial score (nSPS) is 10.3. The van der Waals surface area contributed by atoms with E-state index in [-0.39, 0.29) is 5.97 Å². The number of carbonyl (C=O) groups excluding carboxylic acids is 1. The molecule has 1 aromatic heterocycles. The molecule has 12 heavy (non-hydrogen) atoms. The SMILES string of the molecule is COC(=O)c1csc(C(C)C)c1.